The molecule has 7 heteroatoms. The van der Waals surface area contributed by atoms with Crippen molar-refractivity contribution in [1.82, 2.24) is 10.2 Å². The van der Waals surface area contributed by atoms with Crippen molar-refractivity contribution in [2.45, 2.75) is 6.92 Å². The van der Waals surface area contributed by atoms with E-state index in [0.717, 1.165) is 37.6 Å². The molecule has 0 unspecified atom stereocenters. The maximum absolute atomic E-state index is 11.8. The van der Waals surface area contributed by atoms with Crippen LogP contribution < -0.4 is 15.0 Å². The molecule has 1 aliphatic rings. The van der Waals surface area contributed by atoms with Gasteiger partial charge in [-0.2, -0.15) is 0 Å². The molecule has 0 spiro atoms. The highest BCUT2D eigenvalue weighted by atomic mass is 16.5. The highest BCUT2D eigenvalue weighted by Gasteiger charge is 2.21. The quantitative estimate of drug-likeness (QED) is 0.732. The van der Waals surface area contributed by atoms with E-state index in [9.17, 15) is 9.59 Å². The van der Waals surface area contributed by atoms with E-state index in [4.69, 9.17) is 4.74 Å². The fourth-order valence-corrected chi connectivity index (χ4v) is 2.64. The second-order valence-corrected chi connectivity index (χ2v) is 5.52. The topological polar surface area (TPSA) is 71.1 Å². The zero-order chi connectivity index (χ0) is 17.4. The molecular formula is C17H25N3O4. The van der Waals surface area contributed by atoms with Crippen LogP contribution in [0.5, 0.6) is 5.75 Å². The molecule has 0 saturated carbocycles. The molecule has 7 nitrogen and oxygen atoms in total. The zero-order valence-corrected chi connectivity index (χ0v) is 14.3. The van der Waals surface area contributed by atoms with Gasteiger partial charge in [0.05, 0.1) is 25.9 Å². The normalized spacial score (nSPS) is 15.0. The Kier molecular flexibility index (Phi) is 6.87. The van der Waals surface area contributed by atoms with Crippen LogP contribution in [-0.4, -0.2) is 69.8 Å². The molecule has 0 aliphatic carbocycles. The van der Waals surface area contributed by atoms with Crippen LogP contribution in [0.4, 0.5) is 5.69 Å². The summed E-state index contributed by atoms with van der Waals surface area (Å²) in [4.78, 5) is 27.2. The third-order valence-corrected chi connectivity index (χ3v) is 3.90. The van der Waals surface area contributed by atoms with Gasteiger partial charge in [-0.15, -0.1) is 0 Å². The Labute approximate surface area is 142 Å². The lowest BCUT2D eigenvalue weighted by Crippen LogP contribution is -2.50. The molecule has 0 bridgehead atoms. The lowest BCUT2D eigenvalue weighted by Gasteiger charge is -2.36. The number of benzene rings is 1. The Morgan fingerprint density at radius 2 is 1.88 bits per heavy atom. The molecule has 1 fully saturated rings. The number of amides is 1. The second-order valence-electron chi connectivity index (χ2n) is 5.52. The average molecular weight is 335 g/mol. The lowest BCUT2D eigenvalue weighted by molar-refractivity contribution is -0.141. The summed E-state index contributed by atoms with van der Waals surface area (Å²) in [5, 5.41) is 2.56. The van der Waals surface area contributed by atoms with Gasteiger partial charge in [-0.3, -0.25) is 14.5 Å². The zero-order valence-electron chi connectivity index (χ0n) is 14.3. The number of hydrogen-bond donors (Lipinski definition) is 1. The molecule has 1 saturated heterocycles. The maximum Gasteiger partial charge on any atom is 0.325 e. The summed E-state index contributed by atoms with van der Waals surface area (Å²) in [5.41, 5.74) is 1.09. The Balaban J connectivity index is 1.81. The summed E-state index contributed by atoms with van der Waals surface area (Å²) in [6, 6.07) is 8.01. The van der Waals surface area contributed by atoms with Crippen LogP contribution in [0.1, 0.15) is 6.92 Å². The third kappa shape index (κ3) is 5.13. The molecule has 0 aromatic heterocycles. The van der Waals surface area contributed by atoms with Crippen molar-refractivity contribution < 1.29 is 19.1 Å². The SMILES string of the molecule is CCOc1ccccc1N1CCN(CC(=O)NCC(=O)OC)CC1. The van der Waals surface area contributed by atoms with Crippen LogP contribution in [0.15, 0.2) is 24.3 Å². The smallest absolute Gasteiger partial charge is 0.325 e. The third-order valence-electron chi connectivity index (χ3n) is 3.90. The van der Waals surface area contributed by atoms with Crippen molar-refractivity contribution in [2.24, 2.45) is 0 Å². The van der Waals surface area contributed by atoms with E-state index >= 15 is 0 Å². The fourth-order valence-electron chi connectivity index (χ4n) is 2.64. The van der Waals surface area contributed by atoms with Crippen LogP contribution >= 0.6 is 0 Å². The van der Waals surface area contributed by atoms with E-state index in [-0.39, 0.29) is 19.0 Å². The number of rotatable bonds is 7. The molecule has 1 heterocycles. The minimum absolute atomic E-state index is 0.0863. The number of carbonyl (C=O) groups excluding carboxylic acids is 2. The molecule has 1 aromatic carbocycles. The molecule has 24 heavy (non-hydrogen) atoms. The first kappa shape index (κ1) is 18.1. The number of piperazine rings is 1. The predicted molar refractivity (Wildman–Crippen MR) is 91.3 cm³/mol. The van der Waals surface area contributed by atoms with Crippen molar-refractivity contribution in [1.29, 1.82) is 0 Å². The van der Waals surface area contributed by atoms with Crippen LogP contribution in [0.25, 0.3) is 0 Å². The highest BCUT2D eigenvalue weighted by molar-refractivity contribution is 5.83. The number of anilines is 1. The van der Waals surface area contributed by atoms with Gasteiger partial charge in [-0.05, 0) is 19.1 Å². The second kappa shape index (κ2) is 9.12. The van der Waals surface area contributed by atoms with Crippen LogP contribution in [0.2, 0.25) is 0 Å². The number of nitrogens with one attached hydrogen (secondary N) is 1. The summed E-state index contributed by atoms with van der Waals surface area (Å²) >= 11 is 0. The van der Waals surface area contributed by atoms with Crippen LogP contribution in [0.3, 0.4) is 0 Å². The summed E-state index contributed by atoms with van der Waals surface area (Å²) in [5.74, 6) is 0.286. The molecule has 0 atom stereocenters. The molecule has 0 radical (unpaired) electrons. The van der Waals surface area contributed by atoms with Gasteiger partial charge in [0.1, 0.15) is 12.3 Å². The van der Waals surface area contributed by atoms with Gasteiger partial charge in [-0.1, -0.05) is 12.1 Å². The number of hydrogen-bond acceptors (Lipinski definition) is 6. The van der Waals surface area contributed by atoms with Gasteiger partial charge in [0.15, 0.2) is 0 Å². The summed E-state index contributed by atoms with van der Waals surface area (Å²) < 4.78 is 10.2. The number of para-hydroxylation sites is 2. The number of carbonyl (C=O) groups is 2. The van der Waals surface area contributed by atoms with E-state index in [0.29, 0.717) is 6.61 Å². The van der Waals surface area contributed by atoms with Crippen molar-refractivity contribution in [3.63, 3.8) is 0 Å². The summed E-state index contributed by atoms with van der Waals surface area (Å²) in [7, 11) is 1.30. The minimum atomic E-state index is -0.444. The average Bonchev–Trinajstić information content (AvgIpc) is 2.61. The molecule has 2 rings (SSSR count). The van der Waals surface area contributed by atoms with Gasteiger partial charge in [0.2, 0.25) is 5.91 Å². The number of ether oxygens (including phenoxy) is 2. The number of nitrogens with zero attached hydrogens (tertiary/aromatic N) is 2. The van der Waals surface area contributed by atoms with E-state index in [2.05, 4.69) is 25.9 Å². The summed E-state index contributed by atoms with van der Waals surface area (Å²) in [6.07, 6.45) is 0. The van der Waals surface area contributed by atoms with Gasteiger partial charge in [0, 0.05) is 26.2 Å². The Hall–Kier alpha value is -2.28. The van der Waals surface area contributed by atoms with Gasteiger partial charge in [-0.25, -0.2) is 0 Å². The van der Waals surface area contributed by atoms with Gasteiger partial charge in [0.25, 0.3) is 0 Å². The predicted octanol–water partition coefficient (Wildman–Crippen LogP) is 0.497. The molecular weight excluding hydrogens is 310 g/mol. The first-order valence-corrected chi connectivity index (χ1v) is 8.16. The van der Waals surface area contributed by atoms with E-state index in [1.54, 1.807) is 0 Å². The lowest BCUT2D eigenvalue weighted by atomic mass is 10.2. The fraction of sp³-hybridized carbons (Fsp3) is 0.529. The first-order chi connectivity index (χ1) is 11.6. The summed E-state index contributed by atoms with van der Waals surface area (Å²) in [6.45, 7) is 6.04. The van der Waals surface area contributed by atoms with Crippen LogP contribution in [-0.2, 0) is 14.3 Å². The number of methoxy groups -OCH3 is 1. The Morgan fingerprint density at radius 3 is 2.54 bits per heavy atom. The van der Waals surface area contributed by atoms with Crippen molar-refractivity contribution in [3.8, 4) is 5.75 Å². The molecule has 1 N–H and O–H groups in total. The van der Waals surface area contributed by atoms with Gasteiger partial charge >= 0.3 is 5.97 Å². The number of esters is 1. The van der Waals surface area contributed by atoms with Crippen molar-refractivity contribution in [2.75, 3.05) is 57.9 Å². The van der Waals surface area contributed by atoms with Gasteiger partial charge < -0.3 is 19.7 Å². The minimum Gasteiger partial charge on any atom is -0.492 e. The first-order valence-electron chi connectivity index (χ1n) is 8.16. The Morgan fingerprint density at radius 1 is 1.17 bits per heavy atom. The van der Waals surface area contributed by atoms with E-state index < -0.39 is 5.97 Å². The molecule has 1 aromatic rings. The van der Waals surface area contributed by atoms with Crippen molar-refractivity contribution >= 4 is 17.6 Å². The van der Waals surface area contributed by atoms with E-state index in [1.807, 2.05) is 25.1 Å². The molecule has 1 amide bonds. The Bertz CT molecular complexity index is 557. The standard InChI is InChI=1S/C17H25N3O4/c1-3-24-15-7-5-4-6-14(15)20-10-8-19(9-11-20)13-16(21)18-12-17(22)23-2/h4-7H,3,8-13H2,1-2H3,(H,18,21). The highest BCUT2D eigenvalue weighted by Crippen LogP contribution is 2.28. The van der Waals surface area contributed by atoms with Crippen molar-refractivity contribution in [3.05, 3.63) is 24.3 Å². The van der Waals surface area contributed by atoms with E-state index in [1.165, 1.54) is 7.11 Å². The maximum atomic E-state index is 11.8. The largest absolute Gasteiger partial charge is 0.492 e. The molecule has 1 aliphatic heterocycles. The molecule has 132 valence electrons. The monoisotopic (exact) mass is 335 g/mol. The van der Waals surface area contributed by atoms with Crippen LogP contribution in [0, 0.1) is 0 Å².